The number of hydrogen-bond donors (Lipinski definition) is 1. The summed E-state index contributed by atoms with van der Waals surface area (Å²) in [5, 5.41) is 0.923. The predicted octanol–water partition coefficient (Wildman–Crippen LogP) is 8.06. The van der Waals surface area contributed by atoms with Crippen LogP contribution in [-0.4, -0.2) is 31.7 Å². The van der Waals surface area contributed by atoms with Crippen LogP contribution in [0.1, 0.15) is 103 Å². The molecule has 0 aromatic heterocycles. The summed E-state index contributed by atoms with van der Waals surface area (Å²) in [4.78, 5) is 9.66. The summed E-state index contributed by atoms with van der Waals surface area (Å²) in [5.41, 5.74) is 6.80. The van der Waals surface area contributed by atoms with Gasteiger partial charge in [0, 0.05) is 0 Å². The SMILES string of the molecule is CCCCCCCCCCCCCCCCCOP(=O)(O)OCC[AsH](C)(C)C. The molecule has 0 spiro atoms. The minimum atomic E-state index is -3.84. The Kier molecular flexibility index (Phi) is 18.9. The van der Waals surface area contributed by atoms with Gasteiger partial charge in [-0.25, -0.2) is 0 Å². The van der Waals surface area contributed by atoms with Crippen LogP contribution in [0.25, 0.3) is 0 Å². The third-order valence-corrected chi connectivity index (χ3v) is 9.70. The Balaban J connectivity index is 3.29. The molecule has 0 fully saturated rings. The van der Waals surface area contributed by atoms with Crippen molar-refractivity contribution in [2.24, 2.45) is 0 Å². The van der Waals surface area contributed by atoms with Crippen molar-refractivity contribution in [3.05, 3.63) is 0 Å². The van der Waals surface area contributed by atoms with Crippen LogP contribution in [0.5, 0.6) is 0 Å². The van der Waals surface area contributed by atoms with E-state index in [0.717, 1.165) is 18.1 Å². The van der Waals surface area contributed by atoms with Gasteiger partial charge in [0.15, 0.2) is 0 Å². The van der Waals surface area contributed by atoms with Gasteiger partial charge in [-0.2, -0.15) is 0 Å². The van der Waals surface area contributed by atoms with Crippen LogP contribution in [-0.2, 0) is 13.6 Å². The van der Waals surface area contributed by atoms with Gasteiger partial charge in [0.05, 0.1) is 0 Å². The van der Waals surface area contributed by atoms with Gasteiger partial charge < -0.3 is 0 Å². The Bertz CT molecular complexity index is 385. The van der Waals surface area contributed by atoms with Crippen LogP contribution < -0.4 is 0 Å². The van der Waals surface area contributed by atoms with E-state index in [9.17, 15) is 9.46 Å². The normalized spacial score (nSPS) is 14.9. The third kappa shape index (κ3) is 23.0. The molecule has 0 aliphatic carbocycles. The molecule has 1 atom stereocenters. The van der Waals surface area contributed by atoms with E-state index in [1.54, 1.807) is 0 Å². The Labute approximate surface area is 178 Å². The molecule has 1 N–H and O–H groups in total. The van der Waals surface area contributed by atoms with Gasteiger partial charge in [-0.05, 0) is 0 Å². The van der Waals surface area contributed by atoms with Gasteiger partial charge in [-0.1, -0.05) is 64.7 Å². The summed E-state index contributed by atoms with van der Waals surface area (Å²) in [6.07, 6.45) is 19.6. The molecule has 0 rings (SSSR count). The summed E-state index contributed by atoms with van der Waals surface area (Å²) in [6.45, 7) is 2.94. The Morgan fingerprint density at radius 1 is 0.643 bits per heavy atom. The van der Waals surface area contributed by atoms with Gasteiger partial charge in [0.1, 0.15) is 0 Å². The number of phosphoric acid groups is 1. The number of rotatable bonds is 21. The molecular weight excluding hydrogens is 434 g/mol. The van der Waals surface area contributed by atoms with Crippen LogP contribution in [0.15, 0.2) is 0 Å². The molecule has 0 saturated carbocycles. The van der Waals surface area contributed by atoms with Crippen molar-refractivity contribution in [2.45, 2.75) is 126 Å². The monoisotopic (exact) mass is 484 g/mol. The molecule has 0 amide bonds. The zero-order chi connectivity index (χ0) is 21.1. The zero-order valence-corrected chi connectivity index (χ0v) is 22.3. The van der Waals surface area contributed by atoms with Crippen molar-refractivity contribution in [3.63, 3.8) is 0 Å². The number of unbranched alkanes of at least 4 members (excludes halogenated alkanes) is 14. The van der Waals surface area contributed by atoms with Crippen LogP contribution >= 0.6 is 7.82 Å². The van der Waals surface area contributed by atoms with Gasteiger partial charge in [0.2, 0.25) is 0 Å². The molecule has 172 valence electrons. The third-order valence-electron chi connectivity index (χ3n) is 5.11. The summed E-state index contributed by atoms with van der Waals surface area (Å²) in [5.74, 6) is 0. The van der Waals surface area contributed by atoms with E-state index < -0.39 is 21.4 Å². The standard InChI is InChI=1S/C22H50AsO4P/c1-5-6-7-8-9-10-11-12-13-14-15-16-17-18-19-21-26-28(24,25)27-22-20-23(2,3)4/h23H,5-22H2,1-4H3,(H,24,25). The van der Waals surface area contributed by atoms with Crippen LogP contribution in [0.4, 0.5) is 0 Å². The van der Waals surface area contributed by atoms with Crippen molar-refractivity contribution >= 4 is 21.4 Å². The molecule has 0 aliphatic rings. The summed E-state index contributed by atoms with van der Waals surface area (Å²) < 4.78 is 21.9. The predicted molar refractivity (Wildman–Crippen MR) is 126 cm³/mol. The average Bonchev–Trinajstić information content (AvgIpc) is 2.60. The molecule has 0 bridgehead atoms. The average molecular weight is 485 g/mol. The van der Waals surface area contributed by atoms with Crippen LogP contribution in [0.3, 0.4) is 0 Å². The molecule has 4 nitrogen and oxygen atoms in total. The fourth-order valence-corrected chi connectivity index (χ4v) is 5.77. The second-order valence-corrected chi connectivity index (χ2v) is 22.6. The van der Waals surface area contributed by atoms with E-state index in [1.165, 1.54) is 83.5 Å². The number of hydrogen-bond acceptors (Lipinski definition) is 3. The van der Waals surface area contributed by atoms with Gasteiger partial charge >= 0.3 is 114 Å². The van der Waals surface area contributed by atoms with Crippen molar-refractivity contribution in [2.75, 3.05) is 13.2 Å². The van der Waals surface area contributed by atoms with E-state index in [0.29, 0.717) is 13.2 Å². The molecule has 28 heavy (non-hydrogen) atoms. The maximum atomic E-state index is 11.8. The fourth-order valence-electron chi connectivity index (χ4n) is 3.16. The molecule has 0 aliphatic heterocycles. The first-order chi connectivity index (χ1) is 13.3. The van der Waals surface area contributed by atoms with E-state index in [-0.39, 0.29) is 0 Å². The van der Waals surface area contributed by atoms with Crippen LogP contribution in [0.2, 0.25) is 22.3 Å². The van der Waals surface area contributed by atoms with E-state index >= 15 is 0 Å². The van der Waals surface area contributed by atoms with Crippen molar-refractivity contribution in [3.8, 4) is 0 Å². The van der Waals surface area contributed by atoms with E-state index in [1.807, 2.05) is 0 Å². The second-order valence-electron chi connectivity index (χ2n) is 9.40. The van der Waals surface area contributed by atoms with Crippen molar-refractivity contribution in [1.82, 2.24) is 0 Å². The first kappa shape index (κ1) is 28.7. The molecule has 0 radical (unpaired) electrons. The van der Waals surface area contributed by atoms with Crippen molar-refractivity contribution < 1.29 is 18.5 Å². The van der Waals surface area contributed by atoms with Gasteiger partial charge in [0.25, 0.3) is 0 Å². The Morgan fingerprint density at radius 3 is 1.39 bits per heavy atom. The molecule has 0 heterocycles. The summed E-state index contributed by atoms with van der Waals surface area (Å²) in [6, 6.07) is 0. The van der Waals surface area contributed by atoms with Crippen molar-refractivity contribution in [1.29, 1.82) is 0 Å². The number of phosphoric ester groups is 1. The quantitative estimate of drug-likeness (QED) is 0.102. The van der Waals surface area contributed by atoms with E-state index in [2.05, 4.69) is 24.1 Å². The van der Waals surface area contributed by atoms with Crippen LogP contribution in [0, 0.1) is 0 Å². The molecule has 1 unspecified atom stereocenters. The summed E-state index contributed by atoms with van der Waals surface area (Å²) >= 11 is -1.71. The first-order valence-electron chi connectivity index (χ1n) is 11.9. The zero-order valence-electron chi connectivity index (χ0n) is 19.3. The van der Waals surface area contributed by atoms with E-state index in [4.69, 9.17) is 9.05 Å². The molecule has 0 aromatic carbocycles. The van der Waals surface area contributed by atoms with Gasteiger partial charge in [-0.3, -0.25) is 0 Å². The Hall–Kier alpha value is 0.668. The topological polar surface area (TPSA) is 55.8 Å². The second kappa shape index (κ2) is 18.4. The van der Waals surface area contributed by atoms with Gasteiger partial charge in [-0.15, -0.1) is 0 Å². The molecule has 6 heteroatoms. The molecule has 0 saturated heterocycles. The minimum absolute atomic E-state index is 0.322. The molecule has 0 aromatic rings. The first-order valence-corrected chi connectivity index (χ1v) is 21.2. The summed E-state index contributed by atoms with van der Waals surface area (Å²) in [7, 11) is -3.84. The Morgan fingerprint density at radius 2 is 1.00 bits per heavy atom. The fraction of sp³-hybridized carbons (Fsp3) is 1.00. The maximum absolute atomic E-state index is 11.8. The molecular formula is C22H50AsO4P.